The third kappa shape index (κ3) is 2.57. The molecule has 0 radical (unpaired) electrons. The Balaban J connectivity index is 1.34. The minimum atomic E-state index is -0.305. The van der Waals surface area contributed by atoms with Gasteiger partial charge in [-0.1, -0.05) is 18.2 Å². The summed E-state index contributed by atoms with van der Waals surface area (Å²) in [6.45, 7) is 8.08. The summed E-state index contributed by atoms with van der Waals surface area (Å²) in [6.07, 6.45) is 2.48. The molecule has 2 atom stereocenters. The summed E-state index contributed by atoms with van der Waals surface area (Å²) in [7, 11) is 0. The number of ether oxygens (including phenoxy) is 2. The molecule has 2 fully saturated rings. The van der Waals surface area contributed by atoms with Crippen LogP contribution in [-0.4, -0.2) is 41.1 Å². The van der Waals surface area contributed by atoms with Gasteiger partial charge in [0.25, 0.3) is 5.91 Å². The fourth-order valence-corrected chi connectivity index (χ4v) is 4.85. The summed E-state index contributed by atoms with van der Waals surface area (Å²) in [5, 5.41) is 0. The SMILES string of the molecule is Cc1nc(C(=O)N2CC3(CO[C@@H]4c5ccccc5OC(C)(C)[C@H]4C3)C2)co1. The largest absolute Gasteiger partial charge is 0.487 e. The second kappa shape index (κ2) is 5.58. The van der Waals surface area contributed by atoms with E-state index in [9.17, 15) is 4.79 Å². The second-order valence-corrected chi connectivity index (χ2v) is 8.70. The number of aromatic nitrogens is 1. The van der Waals surface area contributed by atoms with E-state index in [1.54, 1.807) is 6.92 Å². The molecule has 5 rings (SSSR count). The first kappa shape index (κ1) is 16.8. The molecule has 3 aliphatic heterocycles. The van der Waals surface area contributed by atoms with E-state index in [0.717, 1.165) is 17.7 Å². The van der Waals surface area contributed by atoms with Crippen molar-refractivity contribution in [1.29, 1.82) is 0 Å². The first-order valence-corrected chi connectivity index (χ1v) is 9.48. The number of hydrogen-bond acceptors (Lipinski definition) is 5. The van der Waals surface area contributed by atoms with Gasteiger partial charge in [0.1, 0.15) is 17.6 Å². The quantitative estimate of drug-likeness (QED) is 0.772. The maximum absolute atomic E-state index is 12.6. The van der Waals surface area contributed by atoms with E-state index in [2.05, 4.69) is 24.9 Å². The number of amides is 1. The van der Waals surface area contributed by atoms with Crippen LogP contribution in [0.1, 0.15) is 48.3 Å². The molecule has 0 unspecified atom stereocenters. The fraction of sp³-hybridized carbons (Fsp3) is 0.524. The van der Waals surface area contributed by atoms with Crippen molar-refractivity contribution in [3.8, 4) is 5.75 Å². The zero-order chi connectivity index (χ0) is 18.8. The van der Waals surface area contributed by atoms with Crippen LogP contribution in [0.5, 0.6) is 5.75 Å². The summed E-state index contributed by atoms with van der Waals surface area (Å²) < 4.78 is 17.9. The molecule has 1 aromatic heterocycles. The smallest absolute Gasteiger partial charge is 0.275 e. The average molecular weight is 368 g/mol. The summed E-state index contributed by atoms with van der Waals surface area (Å²) in [4.78, 5) is 18.6. The van der Waals surface area contributed by atoms with Gasteiger partial charge in [-0.25, -0.2) is 4.98 Å². The zero-order valence-corrected chi connectivity index (χ0v) is 15.9. The van der Waals surface area contributed by atoms with E-state index in [1.807, 2.05) is 23.1 Å². The summed E-state index contributed by atoms with van der Waals surface area (Å²) in [5.74, 6) is 1.63. The van der Waals surface area contributed by atoms with E-state index in [4.69, 9.17) is 13.9 Å². The van der Waals surface area contributed by atoms with Gasteiger partial charge in [0.15, 0.2) is 11.6 Å². The molecular weight excluding hydrogens is 344 g/mol. The molecule has 2 saturated heterocycles. The van der Waals surface area contributed by atoms with Crippen molar-refractivity contribution in [2.24, 2.45) is 11.3 Å². The molecule has 6 heteroatoms. The van der Waals surface area contributed by atoms with Crippen LogP contribution in [0.4, 0.5) is 0 Å². The molecule has 4 heterocycles. The van der Waals surface area contributed by atoms with Gasteiger partial charge in [-0.15, -0.1) is 0 Å². The molecule has 0 N–H and O–H groups in total. The Morgan fingerprint density at radius 1 is 1.26 bits per heavy atom. The normalized spacial score (nSPS) is 27.3. The Morgan fingerprint density at radius 2 is 2.04 bits per heavy atom. The van der Waals surface area contributed by atoms with Crippen LogP contribution in [0.25, 0.3) is 0 Å². The van der Waals surface area contributed by atoms with Gasteiger partial charge in [0, 0.05) is 36.9 Å². The van der Waals surface area contributed by atoms with Gasteiger partial charge in [0.2, 0.25) is 0 Å². The monoisotopic (exact) mass is 368 g/mol. The van der Waals surface area contributed by atoms with Crippen molar-refractivity contribution in [2.45, 2.75) is 38.9 Å². The van der Waals surface area contributed by atoms with Crippen molar-refractivity contribution in [3.63, 3.8) is 0 Å². The highest BCUT2D eigenvalue weighted by Crippen LogP contribution is 2.55. The molecule has 6 nitrogen and oxygen atoms in total. The van der Waals surface area contributed by atoms with E-state index in [0.29, 0.717) is 31.3 Å². The first-order chi connectivity index (χ1) is 12.9. The zero-order valence-electron chi connectivity index (χ0n) is 15.9. The lowest BCUT2D eigenvalue weighted by molar-refractivity contribution is -0.191. The predicted molar refractivity (Wildman–Crippen MR) is 97.5 cm³/mol. The summed E-state index contributed by atoms with van der Waals surface area (Å²) in [6, 6.07) is 8.16. The van der Waals surface area contributed by atoms with E-state index < -0.39 is 0 Å². The Kier molecular flexibility index (Phi) is 3.47. The minimum absolute atomic E-state index is 0.00250. The number of fused-ring (bicyclic) bond motifs is 3. The second-order valence-electron chi connectivity index (χ2n) is 8.70. The van der Waals surface area contributed by atoms with Gasteiger partial charge in [-0.3, -0.25) is 4.79 Å². The molecule has 1 amide bonds. The molecule has 1 spiro atoms. The van der Waals surface area contributed by atoms with Crippen LogP contribution in [0, 0.1) is 18.3 Å². The highest BCUT2D eigenvalue weighted by Gasteiger charge is 2.56. The number of oxazole rings is 1. The van der Waals surface area contributed by atoms with E-state index in [1.165, 1.54) is 6.26 Å². The molecule has 2 aromatic rings. The van der Waals surface area contributed by atoms with Crippen LogP contribution in [0.2, 0.25) is 0 Å². The summed E-state index contributed by atoms with van der Waals surface area (Å²) in [5.41, 5.74) is 1.22. The highest BCUT2D eigenvalue weighted by atomic mass is 16.5. The molecule has 142 valence electrons. The first-order valence-electron chi connectivity index (χ1n) is 9.48. The molecule has 3 aliphatic rings. The van der Waals surface area contributed by atoms with Crippen LogP contribution in [0.15, 0.2) is 34.9 Å². The van der Waals surface area contributed by atoms with Gasteiger partial charge >= 0.3 is 0 Å². The van der Waals surface area contributed by atoms with Gasteiger partial charge in [-0.2, -0.15) is 0 Å². The average Bonchev–Trinajstić information content (AvgIpc) is 3.05. The Hall–Kier alpha value is -2.34. The Morgan fingerprint density at radius 3 is 2.78 bits per heavy atom. The Bertz CT molecular complexity index is 897. The van der Waals surface area contributed by atoms with Crippen LogP contribution in [-0.2, 0) is 4.74 Å². The lowest BCUT2D eigenvalue weighted by Gasteiger charge is -2.58. The molecule has 1 aromatic carbocycles. The van der Waals surface area contributed by atoms with E-state index in [-0.39, 0.29) is 28.9 Å². The third-order valence-corrected chi connectivity index (χ3v) is 6.26. The predicted octanol–water partition coefficient (Wildman–Crippen LogP) is 3.37. The number of benzene rings is 1. The molecular formula is C21H24N2O4. The van der Waals surface area contributed by atoms with Gasteiger partial charge in [-0.05, 0) is 26.3 Å². The van der Waals surface area contributed by atoms with Crippen molar-refractivity contribution in [3.05, 3.63) is 47.7 Å². The fourth-order valence-electron chi connectivity index (χ4n) is 4.85. The van der Waals surface area contributed by atoms with Crippen LogP contribution < -0.4 is 4.74 Å². The van der Waals surface area contributed by atoms with Crippen molar-refractivity contribution < 1.29 is 18.7 Å². The third-order valence-electron chi connectivity index (χ3n) is 6.26. The van der Waals surface area contributed by atoms with Gasteiger partial charge in [0.05, 0.1) is 12.7 Å². The maximum atomic E-state index is 12.6. The number of nitrogens with zero attached hydrogens (tertiary/aromatic N) is 2. The molecule has 0 saturated carbocycles. The lowest BCUT2D eigenvalue weighted by atomic mass is 9.64. The van der Waals surface area contributed by atoms with Gasteiger partial charge < -0.3 is 18.8 Å². The van der Waals surface area contributed by atoms with Crippen molar-refractivity contribution >= 4 is 5.91 Å². The van der Waals surface area contributed by atoms with Crippen molar-refractivity contribution in [2.75, 3.05) is 19.7 Å². The highest BCUT2D eigenvalue weighted by molar-refractivity contribution is 5.92. The molecule has 0 aliphatic carbocycles. The summed E-state index contributed by atoms with van der Waals surface area (Å²) >= 11 is 0. The maximum Gasteiger partial charge on any atom is 0.275 e. The number of aryl methyl sites for hydroxylation is 1. The number of rotatable bonds is 1. The Labute approximate surface area is 158 Å². The van der Waals surface area contributed by atoms with Crippen molar-refractivity contribution in [1.82, 2.24) is 9.88 Å². The number of carbonyl (C=O) groups excluding carboxylic acids is 1. The number of para-hydroxylation sites is 1. The molecule has 27 heavy (non-hydrogen) atoms. The number of carbonyl (C=O) groups is 1. The molecule has 0 bridgehead atoms. The van der Waals surface area contributed by atoms with Crippen LogP contribution >= 0.6 is 0 Å². The number of likely N-dealkylation sites (tertiary alicyclic amines) is 1. The number of hydrogen-bond donors (Lipinski definition) is 0. The topological polar surface area (TPSA) is 64.8 Å². The minimum Gasteiger partial charge on any atom is -0.487 e. The lowest BCUT2D eigenvalue weighted by Crippen LogP contribution is -2.65. The van der Waals surface area contributed by atoms with E-state index >= 15 is 0 Å². The standard InChI is InChI=1S/C21H24N2O4/c1-13-22-16(9-25-13)19(24)23-10-21(11-23)8-15-18(26-12-21)14-6-4-5-7-17(14)27-20(15,2)3/h4-7,9,15,18H,8,10-12H2,1-3H3/t15-,18+/m0/s1. The van der Waals surface area contributed by atoms with Crippen LogP contribution in [0.3, 0.4) is 0 Å².